The summed E-state index contributed by atoms with van der Waals surface area (Å²) in [6, 6.07) is 0. The number of aromatic carboxylic acids is 1. The molecule has 0 unspecified atom stereocenters. The monoisotopic (exact) mass is 237 g/mol. The van der Waals surface area contributed by atoms with Gasteiger partial charge in [0.15, 0.2) is 0 Å². The van der Waals surface area contributed by atoms with E-state index in [1.807, 2.05) is 0 Å². The van der Waals surface area contributed by atoms with Gasteiger partial charge in [0.1, 0.15) is 0 Å². The Morgan fingerprint density at radius 3 is 2.41 bits per heavy atom. The van der Waals surface area contributed by atoms with Crippen LogP contribution in [0.25, 0.3) is 0 Å². The van der Waals surface area contributed by atoms with Crippen molar-refractivity contribution in [2.45, 2.75) is 12.8 Å². The second kappa shape index (κ2) is 5.09. The molecule has 0 aliphatic carbocycles. The molecule has 6 nitrogen and oxygen atoms in total. The van der Waals surface area contributed by atoms with Gasteiger partial charge in [-0.2, -0.15) is 0 Å². The molecule has 0 atom stereocenters. The average Bonchev–Trinajstić information content (AvgIpc) is 2.39. The molecule has 1 saturated heterocycles. The van der Waals surface area contributed by atoms with Crippen molar-refractivity contribution in [2.75, 3.05) is 24.6 Å². The number of aliphatic hydroxyl groups excluding tert-OH is 1. The van der Waals surface area contributed by atoms with E-state index in [0.29, 0.717) is 5.92 Å². The van der Waals surface area contributed by atoms with Crippen LogP contribution < -0.4 is 4.90 Å². The van der Waals surface area contributed by atoms with Gasteiger partial charge < -0.3 is 15.1 Å². The van der Waals surface area contributed by atoms with E-state index in [1.54, 1.807) is 0 Å². The van der Waals surface area contributed by atoms with Gasteiger partial charge in [-0.1, -0.05) is 0 Å². The number of piperidine rings is 1. The highest BCUT2D eigenvalue weighted by Crippen LogP contribution is 2.21. The molecule has 92 valence electrons. The van der Waals surface area contributed by atoms with Crippen molar-refractivity contribution in [1.82, 2.24) is 9.97 Å². The van der Waals surface area contributed by atoms with Crippen LogP contribution in [0.3, 0.4) is 0 Å². The van der Waals surface area contributed by atoms with Gasteiger partial charge in [-0.05, 0) is 18.8 Å². The average molecular weight is 237 g/mol. The number of rotatable bonds is 3. The SMILES string of the molecule is O=C(O)c1ncc(N2CCC(CO)CC2)cn1. The maximum atomic E-state index is 10.6. The minimum atomic E-state index is -1.12. The van der Waals surface area contributed by atoms with Crippen molar-refractivity contribution in [1.29, 1.82) is 0 Å². The second-order valence-corrected chi connectivity index (χ2v) is 4.18. The van der Waals surface area contributed by atoms with Gasteiger partial charge in [-0.15, -0.1) is 0 Å². The van der Waals surface area contributed by atoms with Crippen LogP contribution in [-0.2, 0) is 0 Å². The van der Waals surface area contributed by atoms with Crippen LogP contribution in [-0.4, -0.2) is 45.8 Å². The Balaban J connectivity index is 2.01. The first-order chi connectivity index (χ1) is 8.20. The third-order valence-electron chi connectivity index (χ3n) is 3.07. The summed E-state index contributed by atoms with van der Waals surface area (Å²) in [5, 5.41) is 17.7. The van der Waals surface area contributed by atoms with Crippen molar-refractivity contribution < 1.29 is 15.0 Å². The van der Waals surface area contributed by atoms with Gasteiger partial charge in [0, 0.05) is 19.7 Å². The van der Waals surface area contributed by atoms with Crippen molar-refractivity contribution in [3.05, 3.63) is 18.2 Å². The standard InChI is InChI=1S/C11H15N3O3/c15-7-8-1-3-14(4-2-8)9-5-12-10(11(16)17)13-6-9/h5-6,8,15H,1-4,7H2,(H,16,17). The van der Waals surface area contributed by atoms with E-state index in [-0.39, 0.29) is 12.4 Å². The number of hydrogen-bond acceptors (Lipinski definition) is 5. The topological polar surface area (TPSA) is 86.5 Å². The largest absolute Gasteiger partial charge is 0.475 e. The van der Waals surface area contributed by atoms with E-state index in [9.17, 15) is 4.79 Å². The first-order valence-electron chi connectivity index (χ1n) is 5.62. The number of anilines is 1. The predicted molar refractivity (Wildman–Crippen MR) is 61.0 cm³/mol. The summed E-state index contributed by atoms with van der Waals surface area (Å²) < 4.78 is 0. The fourth-order valence-corrected chi connectivity index (χ4v) is 1.97. The number of aliphatic hydroxyl groups is 1. The lowest BCUT2D eigenvalue weighted by atomic mass is 9.98. The van der Waals surface area contributed by atoms with Crippen LogP contribution in [0.1, 0.15) is 23.5 Å². The molecule has 1 fully saturated rings. The third kappa shape index (κ3) is 2.71. The maximum Gasteiger partial charge on any atom is 0.373 e. The zero-order valence-corrected chi connectivity index (χ0v) is 9.41. The molecule has 0 spiro atoms. The number of nitrogens with zero attached hydrogens (tertiary/aromatic N) is 3. The van der Waals surface area contributed by atoms with E-state index in [1.165, 1.54) is 12.4 Å². The zero-order valence-electron chi connectivity index (χ0n) is 9.41. The van der Waals surface area contributed by atoms with Gasteiger partial charge in [0.2, 0.25) is 5.82 Å². The van der Waals surface area contributed by atoms with E-state index < -0.39 is 5.97 Å². The second-order valence-electron chi connectivity index (χ2n) is 4.18. The highest BCUT2D eigenvalue weighted by Gasteiger charge is 2.19. The first-order valence-corrected chi connectivity index (χ1v) is 5.62. The van der Waals surface area contributed by atoms with Crippen molar-refractivity contribution in [3.63, 3.8) is 0 Å². The van der Waals surface area contributed by atoms with Crippen LogP contribution in [0.2, 0.25) is 0 Å². The summed E-state index contributed by atoms with van der Waals surface area (Å²) in [5.74, 6) is -0.917. The summed E-state index contributed by atoms with van der Waals surface area (Å²) in [5.41, 5.74) is 0.839. The lowest BCUT2D eigenvalue weighted by molar-refractivity contribution is 0.0683. The highest BCUT2D eigenvalue weighted by molar-refractivity contribution is 5.83. The smallest absolute Gasteiger partial charge is 0.373 e. The maximum absolute atomic E-state index is 10.6. The third-order valence-corrected chi connectivity index (χ3v) is 3.07. The molecule has 0 bridgehead atoms. The van der Waals surface area contributed by atoms with Gasteiger partial charge in [-0.3, -0.25) is 0 Å². The molecule has 1 aliphatic heterocycles. The molecule has 1 aromatic rings. The normalized spacial score (nSPS) is 17.1. The lowest BCUT2D eigenvalue weighted by Crippen LogP contribution is -2.34. The Morgan fingerprint density at radius 1 is 1.35 bits per heavy atom. The number of carboxylic acid groups (broad SMARTS) is 1. The number of carboxylic acids is 1. The molecule has 6 heteroatoms. The minimum absolute atomic E-state index is 0.181. The number of aromatic nitrogens is 2. The van der Waals surface area contributed by atoms with Crippen LogP contribution in [0.5, 0.6) is 0 Å². The Hall–Kier alpha value is -1.69. The molecule has 0 saturated carbocycles. The summed E-state index contributed by atoms with van der Waals surface area (Å²) in [6.45, 7) is 1.93. The van der Waals surface area contributed by atoms with E-state index >= 15 is 0 Å². The molecular weight excluding hydrogens is 222 g/mol. The molecule has 17 heavy (non-hydrogen) atoms. The molecule has 1 aromatic heterocycles. The molecule has 2 heterocycles. The van der Waals surface area contributed by atoms with Gasteiger partial charge in [0.05, 0.1) is 18.1 Å². The summed E-state index contributed by atoms with van der Waals surface area (Å²) in [4.78, 5) is 20.3. The Bertz CT molecular complexity index is 385. The summed E-state index contributed by atoms with van der Waals surface area (Å²) in [6.07, 6.45) is 4.96. The Morgan fingerprint density at radius 2 is 1.94 bits per heavy atom. The van der Waals surface area contributed by atoms with E-state index in [0.717, 1.165) is 31.6 Å². The van der Waals surface area contributed by atoms with E-state index in [2.05, 4.69) is 14.9 Å². The lowest BCUT2D eigenvalue weighted by Gasteiger charge is -2.32. The number of hydrogen-bond donors (Lipinski definition) is 2. The molecule has 0 radical (unpaired) electrons. The molecule has 0 aromatic carbocycles. The summed E-state index contributed by atoms with van der Waals surface area (Å²) in [7, 11) is 0. The molecule has 1 aliphatic rings. The van der Waals surface area contributed by atoms with Crippen LogP contribution in [0.4, 0.5) is 5.69 Å². The summed E-state index contributed by atoms with van der Waals surface area (Å²) >= 11 is 0. The van der Waals surface area contributed by atoms with Gasteiger partial charge >= 0.3 is 5.97 Å². The first kappa shape index (κ1) is 11.8. The van der Waals surface area contributed by atoms with Gasteiger partial charge in [-0.25, -0.2) is 14.8 Å². The fourth-order valence-electron chi connectivity index (χ4n) is 1.97. The predicted octanol–water partition coefficient (Wildman–Crippen LogP) is 0.384. The molecule has 2 rings (SSSR count). The quantitative estimate of drug-likeness (QED) is 0.790. The zero-order chi connectivity index (χ0) is 12.3. The minimum Gasteiger partial charge on any atom is -0.475 e. The van der Waals surface area contributed by atoms with Crippen LogP contribution in [0.15, 0.2) is 12.4 Å². The molecule has 0 amide bonds. The molecule has 2 N–H and O–H groups in total. The van der Waals surface area contributed by atoms with Crippen LogP contribution in [0, 0.1) is 5.92 Å². The fraction of sp³-hybridized carbons (Fsp3) is 0.545. The van der Waals surface area contributed by atoms with Crippen molar-refractivity contribution >= 4 is 11.7 Å². The number of carbonyl (C=O) groups is 1. The van der Waals surface area contributed by atoms with Crippen LogP contribution >= 0.6 is 0 Å². The highest BCUT2D eigenvalue weighted by atomic mass is 16.4. The Kier molecular flexibility index (Phi) is 3.53. The van der Waals surface area contributed by atoms with Crippen molar-refractivity contribution in [2.24, 2.45) is 5.92 Å². The van der Waals surface area contributed by atoms with Crippen molar-refractivity contribution in [3.8, 4) is 0 Å². The van der Waals surface area contributed by atoms with E-state index in [4.69, 9.17) is 10.2 Å². The Labute approximate surface area is 98.9 Å². The molecular formula is C11H15N3O3. The van der Waals surface area contributed by atoms with Gasteiger partial charge in [0.25, 0.3) is 0 Å².